The van der Waals surface area contributed by atoms with Gasteiger partial charge in [-0.3, -0.25) is 4.79 Å². The number of carbonyl (C=O) groups is 1. The Bertz CT molecular complexity index is 297. The first-order valence-electron chi connectivity index (χ1n) is 6.75. The zero-order valence-corrected chi connectivity index (χ0v) is 13.4. The summed E-state index contributed by atoms with van der Waals surface area (Å²) in [4.78, 5) is 12.0. The van der Waals surface area contributed by atoms with Crippen LogP contribution in [-0.2, 0) is 4.79 Å². The highest BCUT2D eigenvalue weighted by Crippen LogP contribution is 2.33. The quantitative estimate of drug-likeness (QED) is 0.829. The van der Waals surface area contributed by atoms with E-state index in [1.54, 1.807) is 0 Å². The Balaban J connectivity index is 2.44. The van der Waals surface area contributed by atoms with Gasteiger partial charge in [0.05, 0.1) is 6.04 Å². The van der Waals surface area contributed by atoms with Crippen molar-refractivity contribution in [2.75, 3.05) is 11.5 Å². The second-order valence-corrected chi connectivity index (χ2v) is 8.24. The van der Waals surface area contributed by atoms with Crippen LogP contribution in [0.2, 0.25) is 0 Å². The van der Waals surface area contributed by atoms with Gasteiger partial charge in [-0.25, -0.2) is 0 Å². The summed E-state index contributed by atoms with van der Waals surface area (Å²) in [6.45, 7) is 12.6. The number of carbonyl (C=O) groups excluding carboxylic acids is 1. The number of nitrogens with one attached hydrogen (secondary N) is 2. The summed E-state index contributed by atoms with van der Waals surface area (Å²) < 4.78 is 0. The number of rotatable bonds is 3. The smallest absolute Gasteiger partial charge is 0.237 e. The summed E-state index contributed by atoms with van der Waals surface area (Å²) in [5.41, 5.74) is 0.217. The molecular formula is C14H28N2OS. The van der Waals surface area contributed by atoms with Crippen molar-refractivity contribution in [3.8, 4) is 0 Å². The number of thioether (sulfide) groups is 1. The Labute approximate surface area is 116 Å². The third-order valence-corrected chi connectivity index (χ3v) is 4.61. The maximum Gasteiger partial charge on any atom is 0.237 e. The fourth-order valence-electron chi connectivity index (χ4n) is 2.28. The summed E-state index contributed by atoms with van der Waals surface area (Å²) in [6, 6.07) is 0.322. The molecule has 1 amide bonds. The van der Waals surface area contributed by atoms with E-state index in [-0.39, 0.29) is 17.5 Å². The van der Waals surface area contributed by atoms with Crippen molar-refractivity contribution >= 4 is 17.7 Å². The van der Waals surface area contributed by atoms with Gasteiger partial charge in [-0.15, -0.1) is 0 Å². The van der Waals surface area contributed by atoms with Gasteiger partial charge < -0.3 is 10.6 Å². The van der Waals surface area contributed by atoms with E-state index in [0.717, 1.165) is 12.2 Å². The summed E-state index contributed by atoms with van der Waals surface area (Å²) in [7, 11) is 0. The minimum absolute atomic E-state index is 0.0934. The molecule has 0 aromatic heterocycles. The normalized spacial score (nSPS) is 25.6. The number of amides is 1. The zero-order chi connectivity index (χ0) is 14.0. The molecule has 1 aliphatic rings. The van der Waals surface area contributed by atoms with Crippen molar-refractivity contribution in [2.24, 2.45) is 5.41 Å². The van der Waals surface area contributed by atoms with Crippen molar-refractivity contribution in [2.45, 2.75) is 65.6 Å². The lowest BCUT2D eigenvalue weighted by molar-refractivity contribution is -0.124. The molecule has 0 radical (unpaired) electrons. The van der Waals surface area contributed by atoms with Crippen LogP contribution in [0.1, 0.15) is 48.0 Å². The van der Waals surface area contributed by atoms with E-state index in [4.69, 9.17) is 0 Å². The monoisotopic (exact) mass is 272 g/mol. The first kappa shape index (κ1) is 15.8. The van der Waals surface area contributed by atoms with Gasteiger partial charge in [-0.1, -0.05) is 13.8 Å². The maximum atomic E-state index is 12.0. The molecule has 0 aromatic carbocycles. The Kier molecular flexibility index (Phi) is 5.13. The van der Waals surface area contributed by atoms with Crippen LogP contribution in [0.3, 0.4) is 0 Å². The van der Waals surface area contributed by atoms with E-state index in [9.17, 15) is 4.79 Å². The van der Waals surface area contributed by atoms with E-state index in [1.165, 1.54) is 5.75 Å². The molecule has 1 heterocycles. The third-order valence-electron chi connectivity index (χ3n) is 2.99. The van der Waals surface area contributed by atoms with Crippen LogP contribution >= 0.6 is 11.8 Å². The van der Waals surface area contributed by atoms with Gasteiger partial charge in [0.2, 0.25) is 5.91 Å². The fourth-order valence-corrected chi connectivity index (χ4v) is 3.56. The van der Waals surface area contributed by atoms with E-state index in [1.807, 2.05) is 39.5 Å². The average Bonchev–Trinajstić information content (AvgIpc) is 2.12. The van der Waals surface area contributed by atoms with E-state index < -0.39 is 0 Å². The molecule has 2 unspecified atom stereocenters. The van der Waals surface area contributed by atoms with Crippen molar-refractivity contribution in [3.05, 3.63) is 0 Å². The van der Waals surface area contributed by atoms with Crippen molar-refractivity contribution in [1.82, 2.24) is 10.6 Å². The molecule has 1 rings (SSSR count). The topological polar surface area (TPSA) is 41.1 Å². The van der Waals surface area contributed by atoms with Crippen molar-refractivity contribution in [1.29, 1.82) is 0 Å². The van der Waals surface area contributed by atoms with Gasteiger partial charge in [0.15, 0.2) is 0 Å². The molecular weight excluding hydrogens is 244 g/mol. The Hall–Kier alpha value is -0.220. The van der Waals surface area contributed by atoms with E-state index >= 15 is 0 Å². The first-order chi connectivity index (χ1) is 8.09. The fraction of sp³-hybridized carbons (Fsp3) is 0.929. The zero-order valence-electron chi connectivity index (χ0n) is 12.6. The second kappa shape index (κ2) is 5.83. The standard InChI is InChI=1S/C14H28N2OS/c1-10(12(17)16-13(2,3)4)15-11-7-14(5,6)9-18-8-11/h10-11,15H,7-9H2,1-6H3,(H,16,17). The van der Waals surface area contributed by atoms with Gasteiger partial charge in [-0.2, -0.15) is 11.8 Å². The molecule has 0 spiro atoms. The third kappa shape index (κ3) is 5.61. The maximum absolute atomic E-state index is 12.0. The number of hydrogen-bond acceptors (Lipinski definition) is 3. The molecule has 2 atom stereocenters. The van der Waals surface area contributed by atoms with Gasteiger partial charge in [0.1, 0.15) is 0 Å². The lowest BCUT2D eigenvalue weighted by Crippen LogP contribution is -2.53. The Morgan fingerprint density at radius 1 is 1.39 bits per heavy atom. The largest absolute Gasteiger partial charge is 0.350 e. The van der Waals surface area contributed by atoms with Crippen LogP contribution in [0.25, 0.3) is 0 Å². The predicted octanol–water partition coefficient (Wildman–Crippen LogP) is 2.41. The molecule has 0 aliphatic carbocycles. The van der Waals surface area contributed by atoms with Crippen molar-refractivity contribution in [3.63, 3.8) is 0 Å². The van der Waals surface area contributed by atoms with Crippen LogP contribution in [0, 0.1) is 5.41 Å². The molecule has 1 fully saturated rings. The molecule has 3 nitrogen and oxygen atoms in total. The first-order valence-corrected chi connectivity index (χ1v) is 7.90. The van der Waals surface area contributed by atoms with E-state index in [0.29, 0.717) is 11.5 Å². The average molecular weight is 272 g/mol. The molecule has 0 bridgehead atoms. The molecule has 1 aliphatic heterocycles. The second-order valence-electron chi connectivity index (χ2n) is 7.21. The highest BCUT2D eigenvalue weighted by atomic mass is 32.2. The SMILES string of the molecule is CC(NC1CSCC(C)(C)C1)C(=O)NC(C)(C)C. The lowest BCUT2D eigenvalue weighted by Gasteiger charge is -2.36. The lowest BCUT2D eigenvalue weighted by atomic mass is 9.87. The molecule has 106 valence electrons. The Morgan fingerprint density at radius 2 is 2.00 bits per heavy atom. The van der Waals surface area contributed by atoms with Crippen LogP contribution < -0.4 is 10.6 Å². The molecule has 18 heavy (non-hydrogen) atoms. The molecule has 0 saturated carbocycles. The highest BCUT2D eigenvalue weighted by molar-refractivity contribution is 7.99. The number of hydrogen-bond donors (Lipinski definition) is 2. The van der Waals surface area contributed by atoms with Crippen LogP contribution in [-0.4, -0.2) is 35.0 Å². The molecule has 2 N–H and O–H groups in total. The van der Waals surface area contributed by atoms with E-state index in [2.05, 4.69) is 24.5 Å². The van der Waals surface area contributed by atoms with Crippen LogP contribution in [0.5, 0.6) is 0 Å². The van der Waals surface area contributed by atoms with Gasteiger partial charge in [0, 0.05) is 17.3 Å². The van der Waals surface area contributed by atoms with Crippen LogP contribution in [0.15, 0.2) is 0 Å². The highest BCUT2D eigenvalue weighted by Gasteiger charge is 2.30. The van der Waals surface area contributed by atoms with Crippen molar-refractivity contribution < 1.29 is 4.79 Å². The molecule has 0 aromatic rings. The van der Waals surface area contributed by atoms with Crippen LogP contribution in [0.4, 0.5) is 0 Å². The van der Waals surface area contributed by atoms with Gasteiger partial charge in [0.25, 0.3) is 0 Å². The summed E-state index contributed by atoms with van der Waals surface area (Å²) in [6.07, 6.45) is 1.15. The summed E-state index contributed by atoms with van der Waals surface area (Å²) in [5.74, 6) is 2.42. The molecule has 4 heteroatoms. The minimum Gasteiger partial charge on any atom is -0.350 e. The summed E-state index contributed by atoms with van der Waals surface area (Å²) in [5, 5.41) is 6.48. The van der Waals surface area contributed by atoms with Gasteiger partial charge >= 0.3 is 0 Å². The Morgan fingerprint density at radius 3 is 2.50 bits per heavy atom. The summed E-state index contributed by atoms with van der Waals surface area (Å²) >= 11 is 1.98. The predicted molar refractivity (Wildman–Crippen MR) is 80.0 cm³/mol. The van der Waals surface area contributed by atoms with Gasteiger partial charge in [-0.05, 0) is 45.3 Å². The minimum atomic E-state index is -0.159. The molecule has 1 saturated heterocycles.